The van der Waals surface area contributed by atoms with Gasteiger partial charge in [-0.1, -0.05) is 34.6 Å². The van der Waals surface area contributed by atoms with Crippen molar-refractivity contribution in [3.05, 3.63) is 0 Å². The number of thiol groups is 1. The average molecular weight is 306 g/mol. The molecule has 0 aromatic carbocycles. The third-order valence-corrected chi connectivity index (χ3v) is 3.21. The van der Waals surface area contributed by atoms with Crippen LogP contribution < -0.4 is 10.6 Å². The summed E-state index contributed by atoms with van der Waals surface area (Å²) in [7, 11) is 0. The fraction of sp³-hybridized carbons (Fsp3) is 0.857. The van der Waals surface area contributed by atoms with Gasteiger partial charge in [-0.15, -0.1) is 0 Å². The van der Waals surface area contributed by atoms with Crippen LogP contribution in [0.5, 0.6) is 0 Å². The molecule has 0 aliphatic heterocycles. The van der Waals surface area contributed by atoms with E-state index < -0.39 is 17.4 Å². The Morgan fingerprint density at radius 2 is 1.75 bits per heavy atom. The first kappa shape index (κ1) is 21.5. The molecule has 0 heterocycles. The van der Waals surface area contributed by atoms with Gasteiger partial charge in [-0.3, -0.25) is 9.59 Å². The number of rotatable bonds is 8. The molecule has 0 bridgehead atoms. The fourth-order valence-corrected chi connectivity index (χ4v) is 1.34. The molecule has 0 aliphatic carbocycles. The predicted octanol–water partition coefficient (Wildman–Crippen LogP) is 1.36. The van der Waals surface area contributed by atoms with Crippen LogP contribution >= 0.6 is 12.6 Å². The zero-order chi connectivity index (χ0) is 16.2. The van der Waals surface area contributed by atoms with Crippen molar-refractivity contribution in [3.63, 3.8) is 0 Å². The van der Waals surface area contributed by atoms with E-state index in [4.69, 9.17) is 0 Å². The van der Waals surface area contributed by atoms with E-state index >= 15 is 0 Å². The summed E-state index contributed by atoms with van der Waals surface area (Å²) in [5, 5.41) is 15.0. The maximum Gasteiger partial charge on any atom is 0.249 e. The van der Waals surface area contributed by atoms with Crippen molar-refractivity contribution in [2.75, 3.05) is 18.8 Å². The molecule has 0 unspecified atom stereocenters. The molecule has 1 atom stereocenters. The van der Waals surface area contributed by atoms with Gasteiger partial charge in [-0.2, -0.15) is 12.6 Å². The van der Waals surface area contributed by atoms with E-state index in [1.807, 2.05) is 34.6 Å². The maximum atomic E-state index is 11.6. The van der Waals surface area contributed by atoms with Gasteiger partial charge in [0.05, 0.1) is 0 Å². The molecular formula is C14H30N2O3S. The summed E-state index contributed by atoms with van der Waals surface area (Å²) < 4.78 is 0. The van der Waals surface area contributed by atoms with Crippen LogP contribution in [0.2, 0.25) is 0 Å². The van der Waals surface area contributed by atoms with Crippen molar-refractivity contribution < 1.29 is 14.7 Å². The molecule has 2 amide bonds. The molecule has 0 fully saturated rings. The topological polar surface area (TPSA) is 78.4 Å². The molecule has 120 valence electrons. The molecule has 6 heteroatoms. The molecule has 3 N–H and O–H groups in total. The SMILES string of the molecule is CC.CCC(C)(C)[C@@H](O)C(=O)NCCC(=O)NCCS. The average Bonchev–Trinajstić information content (AvgIpc) is 2.46. The highest BCUT2D eigenvalue weighted by Gasteiger charge is 2.31. The Hall–Kier alpha value is -0.750. The van der Waals surface area contributed by atoms with E-state index in [2.05, 4.69) is 23.3 Å². The van der Waals surface area contributed by atoms with Crippen LogP contribution in [-0.4, -0.2) is 41.9 Å². The molecule has 0 aliphatic rings. The summed E-state index contributed by atoms with van der Waals surface area (Å²) in [6, 6.07) is 0. The van der Waals surface area contributed by atoms with Crippen molar-refractivity contribution in [2.24, 2.45) is 5.41 Å². The number of hydrogen-bond donors (Lipinski definition) is 4. The van der Waals surface area contributed by atoms with Gasteiger partial charge < -0.3 is 15.7 Å². The molecule has 5 nitrogen and oxygen atoms in total. The summed E-state index contributed by atoms with van der Waals surface area (Å²) in [4.78, 5) is 22.9. The first-order chi connectivity index (χ1) is 9.35. The van der Waals surface area contributed by atoms with Crippen LogP contribution in [0.1, 0.15) is 47.5 Å². The minimum Gasteiger partial charge on any atom is -0.383 e. The number of carbonyl (C=O) groups excluding carboxylic acids is 2. The van der Waals surface area contributed by atoms with E-state index in [-0.39, 0.29) is 18.9 Å². The summed E-state index contributed by atoms with van der Waals surface area (Å²) >= 11 is 3.97. The Labute approximate surface area is 128 Å². The molecule has 0 saturated heterocycles. The summed E-state index contributed by atoms with van der Waals surface area (Å²) in [6.07, 6.45) is -0.147. The Balaban J connectivity index is 0. The van der Waals surface area contributed by atoms with Crippen LogP contribution in [0, 0.1) is 5.41 Å². The lowest BCUT2D eigenvalue weighted by atomic mass is 9.83. The molecule has 0 saturated carbocycles. The molecule has 0 aromatic rings. The van der Waals surface area contributed by atoms with Crippen molar-refractivity contribution in [1.29, 1.82) is 0 Å². The largest absolute Gasteiger partial charge is 0.383 e. The van der Waals surface area contributed by atoms with Gasteiger partial charge in [-0.25, -0.2) is 0 Å². The number of aliphatic hydroxyl groups is 1. The van der Waals surface area contributed by atoms with Gasteiger partial charge in [0.2, 0.25) is 11.8 Å². The second kappa shape index (κ2) is 12.0. The lowest BCUT2D eigenvalue weighted by molar-refractivity contribution is -0.135. The number of carbonyl (C=O) groups is 2. The lowest BCUT2D eigenvalue weighted by Crippen LogP contribution is -2.44. The Morgan fingerprint density at radius 1 is 1.20 bits per heavy atom. The van der Waals surface area contributed by atoms with Crippen molar-refractivity contribution in [1.82, 2.24) is 10.6 Å². The predicted molar refractivity (Wildman–Crippen MR) is 85.9 cm³/mol. The van der Waals surface area contributed by atoms with Gasteiger partial charge in [0.15, 0.2) is 0 Å². The number of aliphatic hydroxyl groups excluding tert-OH is 1. The monoisotopic (exact) mass is 306 g/mol. The quantitative estimate of drug-likeness (QED) is 0.511. The normalized spacial score (nSPS) is 11.9. The Morgan fingerprint density at radius 3 is 2.20 bits per heavy atom. The van der Waals surface area contributed by atoms with Crippen molar-refractivity contribution in [2.45, 2.75) is 53.6 Å². The fourth-order valence-electron chi connectivity index (χ4n) is 1.23. The van der Waals surface area contributed by atoms with Crippen LogP contribution in [0.3, 0.4) is 0 Å². The highest BCUT2D eigenvalue weighted by Crippen LogP contribution is 2.24. The van der Waals surface area contributed by atoms with Gasteiger partial charge in [0, 0.05) is 25.3 Å². The first-order valence-corrected chi connectivity index (χ1v) is 7.81. The maximum absolute atomic E-state index is 11.6. The third-order valence-electron chi connectivity index (χ3n) is 2.99. The van der Waals surface area contributed by atoms with E-state index in [1.54, 1.807) is 0 Å². The van der Waals surface area contributed by atoms with E-state index in [0.717, 1.165) is 0 Å². The summed E-state index contributed by atoms with van der Waals surface area (Å²) in [5.74, 6) is 0.0269. The summed E-state index contributed by atoms with van der Waals surface area (Å²) in [6.45, 7) is 10.3. The van der Waals surface area contributed by atoms with Gasteiger partial charge >= 0.3 is 0 Å². The molecule has 0 aromatic heterocycles. The molecule has 0 radical (unpaired) electrons. The molecule has 0 spiro atoms. The van der Waals surface area contributed by atoms with E-state index in [9.17, 15) is 14.7 Å². The van der Waals surface area contributed by atoms with Gasteiger partial charge in [0.1, 0.15) is 6.10 Å². The minimum atomic E-state index is -1.05. The van der Waals surface area contributed by atoms with Crippen LogP contribution in [0.15, 0.2) is 0 Å². The smallest absolute Gasteiger partial charge is 0.249 e. The van der Waals surface area contributed by atoms with Crippen molar-refractivity contribution >= 4 is 24.4 Å². The highest BCUT2D eigenvalue weighted by molar-refractivity contribution is 7.80. The van der Waals surface area contributed by atoms with Crippen molar-refractivity contribution in [3.8, 4) is 0 Å². The zero-order valence-corrected chi connectivity index (χ0v) is 14.2. The highest BCUT2D eigenvalue weighted by atomic mass is 32.1. The number of amides is 2. The minimum absolute atomic E-state index is 0.131. The van der Waals surface area contributed by atoms with Gasteiger partial charge in [-0.05, 0) is 11.8 Å². The van der Waals surface area contributed by atoms with E-state index in [1.165, 1.54) is 0 Å². The second-order valence-electron chi connectivity index (χ2n) is 4.86. The molecule has 0 rings (SSSR count). The third kappa shape index (κ3) is 9.20. The summed E-state index contributed by atoms with van der Waals surface area (Å²) in [5.41, 5.74) is -0.460. The van der Waals surface area contributed by atoms with Crippen LogP contribution in [0.4, 0.5) is 0 Å². The standard InChI is InChI=1S/C12H24N2O3S.C2H6/c1-4-12(2,3)10(16)11(17)14-6-5-9(15)13-7-8-18;1-2/h10,16,18H,4-8H2,1-3H3,(H,13,15)(H,14,17);1-2H3/t10-;/m0./s1. The second-order valence-corrected chi connectivity index (χ2v) is 5.31. The number of hydrogen-bond acceptors (Lipinski definition) is 4. The number of nitrogens with one attached hydrogen (secondary N) is 2. The molecule has 20 heavy (non-hydrogen) atoms. The lowest BCUT2D eigenvalue weighted by Gasteiger charge is -2.28. The Kier molecular flexibility index (Phi) is 13.0. The van der Waals surface area contributed by atoms with Gasteiger partial charge in [0.25, 0.3) is 0 Å². The zero-order valence-electron chi connectivity index (χ0n) is 13.3. The Bertz CT molecular complexity index is 284. The van der Waals surface area contributed by atoms with E-state index in [0.29, 0.717) is 18.7 Å². The van der Waals surface area contributed by atoms with Crippen LogP contribution in [0.25, 0.3) is 0 Å². The molecular weight excluding hydrogens is 276 g/mol. The van der Waals surface area contributed by atoms with Crippen LogP contribution in [-0.2, 0) is 9.59 Å². The first-order valence-electron chi connectivity index (χ1n) is 7.18.